The molecule has 0 unspecified atom stereocenters. The summed E-state index contributed by atoms with van der Waals surface area (Å²) >= 11 is 0. The van der Waals surface area contributed by atoms with Gasteiger partial charge in [-0.1, -0.05) is 47.9 Å². The molecule has 0 aliphatic heterocycles. The highest BCUT2D eigenvalue weighted by atomic mass is 16.1. The topological polar surface area (TPSA) is 17.1 Å². The molecule has 0 aromatic heterocycles. The maximum atomic E-state index is 12.3. The van der Waals surface area contributed by atoms with E-state index >= 15 is 0 Å². The van der Waals surface area contributed by atoms with E-state index in [-0.39, 0.29) is 5.78 Å². The molecule has 0 aliphatic rings. The van der Waals surface area contributed by atoms with Gasteiger partial charge >= 0.3 is 0 Å². The molecule has 18 heavy (non-hydrogen) atoms. The molecule has 0 spiro atoms. The second kappa shape index (κ2) is 5.33. The molecule has 0 bridgehead atoms. The van der Waals surface area contributed by atoms with Crippen LogP contribution in [0.2, 0.25) is 0 Å². The first-order chi connectivity index (χ1) is 8.70. The van der Waals surface area contributed by atoms with Crippen molar-refractivity contribution in [2.75, 3.05) is 0 Å². The molecule has 0 fully saturated rings. The van der Waals surface area contributed by atoms with E-state index < -0.39 is 0 Å². The van der Waals surface area contributed by atoms with Gasteiger partial charge in [0.1, 0.15) is 0 Å². The molecule has 0 atom stereocenters. The average molecular weight is 234 g/mol. The second-order valence-corrected chi connectivity index (χ2v) is 4.15. The summed E-state index contributed by atoms with van der Waals surface area (Å²) in [5.41, 5.74) is 3.41. The van der Waals surface area contributed by atoms with Gasteiger partial charge in [0.25, 0.3) is 0 Å². The van der Waals surface area contributed by atoms with Crippen molar-refractivity contribution in [3.8, 4) is 11.8 Å². The van der Waals surface area contributed by atoms with E-state index in [0.717, 1.165) is 11.1 Å². The number of rotatable bonds is 2. The van der Waals surface area contributed by atoms with E-state index in [9.17, 15) is 4.79 Å². The van der Waals surface area contributed by atoms with Gasteiger partial charge in [0.2, 0.25) is 0 Å². The van der Waals surface area contributed by atoms with Crippen molar-refractivity contribution in [2.24, 2.45) is 0 Å². The molecule has 88 valence electrons. The highest BCUT2D eigenvalue weighted by Crippen LogP contribution is 2.12. The highest BCUT2D eigenvalue weighted by molar-refractivity contribution is 6.09. The molecule has 1 nitrogen and oxygen atoms in total. The van der Waals surface area contributed by atoms with Gasteiger partial charge in [0.15, 0.2) is 5.78 Å². The third-order valence-electron chi connectivity index (χ3n) is 2.71. The Morgan fingerprint density at radius 2 is 1.72 bits per heavy atom. The molecule has 0 saturated heterocycles. The fourth-order valence-electron chi connectivity index (χ4n) is 1.75. The maximum absolute atomic E-state index is 12.3. The van der Waals surface area contributed by atoms with E-state index in [1.165, 1.54) is 0 Å². The van der Waals surface area contributed by atoms with Gasteiger partial charge in [-0.25, -0.2) is 0 Å². The SMILES string of the molecule is CC#Cc1cccc(C(=O)c2ccc(C)cc2)c1. The number of ketones is 1. The van der Waals surface area contributed by atoms with Crippen LogP contribution in [0.1, 0.15) is 34.0 Å². The zero-order chi connectivity index (χ0) is 13.0. The van der Waals surface area contributed by atoms with Gasteiger partial charge in [-0.3, -0.25) is 4.79 Å². The number of hydrogen-bond acceptors (Lipinski definition) is 1. The Kier molecular flexibility index (Phi) is 3.60. The summed E-state index contributed by atoms with van der Waals surface area (Å²) in [7, 11) is 0. The van der Waals surface area contributed by atoms with Gasteiger partial charge in [0, 0.05) is 16.7 Å². The maximum Gasteiger partial charge on any atom is 0.193 e. The van der Waals surface area contributed by atoms with Gasteiger partial charge in [-0.05, 0) is 26.0 Å². The lowest BCUT2D eigenvalue weighted by molar-refractivity contribution is 0.103. The monoisotopic (exact) mass is 234 g/mol. The third-order valence-corrected chi connectivity index (χ3v) is 2.71. The first-order valence-electron chi connectivity index (χ1n) is 5.85. The quantitative estimate of drug-likeness (QED) is 0.573. The summed E-state index contributed by atoms with van der Waals surface area (Å²) in [4.78, 5) is 12.3. The van der Waals surface area contributed by atoms with Crippen LogP contribution in [0, 0.1) is 18.8 Å². The van der Waals surface area contributed by atoms with Crippen LogP contribution < -0.4 is 0 Å². The molecule has 0 aliphatic carbocycles. The molecular formula is C17H14O. The minimum absolute atomic E-state index is 0.0368. The fraction of sp³-hybridized carbons (Fsp3) is 0.118. The van der Waals surface area contributed by atoms with Crippen LogP contribution in [0.15, 0.2) is 48.5 Å². The highest BCUT2D eigenvalue weighted by Gasteiger charge is 2.08. The molecule has 0 N–H and O–H groups in total. The molecule has 1 heteroatoms. The van der Waals surface area contributed by atoms with E-state index in [0.29, 0.717) is 11.1 Å². The second-order valence-electron chi connectivity index (χ2n) is 4.15. The predicted octanol–water partition coefficient (Wildman–Crippen LogP) is 3.60. The van der Waals surface area contributed by atoms with Crippen LogP contribution in [-0.2, 0) is 0 Å². The van der Waals surface area contributed by atoms with Crippen LogP contribution in [-0.4, -0.2) is 5.78 Å². The number of carbonyl (C=O) groups excluding carboxylic acids is 1. The Morgan fingerprint density at radius 3 is 2.39 bits per heavy atom. The molecule has 0 saturated carbocycles. The minimum atomic E-state index is 0.0368. The molecule has 2 rings (SSSR count). The van der Waals surface area contributed by atoms with Gasteiger partial charge in [0.05, 0.1) is 0 Å². The van der Waals surface area contributed by atoms with Crippen LogP contribution in [0.3, 0.4) is 0 Å². The Hall–Kier alpha value is -2.33. The lowest BCUT2D eigenvalue weighted by Gasteiger charge is -2.02. The lowest BCUT2D eigenvalue weighted by atomic mass is 10.0. The fourth-order valence-corrected chi connectivity index (χ4v) is 1.75. The van der Waals surface area contributed by atoms with Crippen molar-refractivity contribution < 1.29 is 4.79 Å². The first kappa shape index (κ1) is 12.1. The smallest absolute Gasteiger partial charge is 0.193 e. The molecule has 2 aromatic rings. The van der Waals surface area contributed by atoms with Crippen LogP contribution in [0.4, 0.5) is 0 Å². The minimum Gasteiger partial charge on any atom is -0.289 e. The molecule has 0 amide bonds. The number of hydrogen-bond donors (Lipinski definition) is 0. The van der Waals surface area contributed by atoms with Gasteiger partial charge < -0.3 is 0 Å². The zero-order valence-corrected chi connectivity index (χ0v) is 10.5. The summed E-state index contributed by atoms with van der Waals surface area (Å²) in [6.45, 7) is 3.79. The van der Waals surface area contributed by atoms with Crippen molar-refractivity contribution in [3.63, 3.8) is 0 Å². The van der Waals surface area contributed by atoms with Crippen molar-refractivity contribution in [1.29, 1.82) is 0 Å². The van der Waals surface area contributed by atoms with Crippen molar-refractivity contribution in [3.05, 3.63) is 70.8 Å². The number of benzene rings is 2. The third kappa shape index (κ3) is 2.67. The lowest BCUT2D eigenvalue weighted by Crippen LogP contribution is -2.01. The zero-order valence-electron chi connectivity index (χ0n) is 10.5. The summed E-state index contributed by atoms with van der Waals surface area (Å²) in [5.74, 6) is 5.83. The van der Waals surface area contributed by atoms with Crippen molar-refractivity contribution in [2.45, 2.75) is 13.8 Å². The Morgan fingerprint density at radius 1 is 1.00 bits per heavy atom. The average Bonchev–Trinajstić information content (AvgIpc) is 2.39. The Bertz CT molecular complexity index is 625. The number of aryl methyl sites for hydroxylation is 1. The summed E-state index contributed by atoms with van der Waals surface area (Å²) < 4.78 is 0. The van der Waals surface area contributed by atoms with Gasteiger partial charge in [-0.2, -0.15) is 0 Å². The molecule has 2 aromatic carbocycles. The van der Waals surface area contributed by atoms with Crippen LogP contribution >= 0.6 is 0 Å². The van der Waals surface area contributed by atoms with Crippen molar-refractivity contribution in [1.82, 2.24) is 0 Å². The summed E-state index contributed by atoms with van der Waals surface area (Å²) in [5, 5.41) is 0. The molecule has 0 radical (unpaired) electrons. The number of carbonyl (C=O) groups is 1. The van der Waals surface area contributed by atoms with E-state index in [1.807, 2.05) is 55.5 Å². The summed E-state index contributed by atoms with van der Waals surface area (Å²) in [6.07, 6.45) is 0. The van der Waals surface area contributed by atoms with E-state index in [4.69, 9.17) is 0 Å². The van der Waals surface area contributed by atoms with Crippen LogP contribution in [0.25, 0.3) is 0 Å². The Balaban J connectivity index is 2.35. The standard InChI is InChI=1S/C17H14O/c1-3-5-14-6-4-7-16(12-14)17(18)15-10-8-13(2)9-11-15/h4,6-12H,1-2H3. The molecule has 0 heterocycles. The van der Waals surface area contributed by atoms with E-state index in [2.05, 4.69) is 11.8 Å². The van der Waals surface area contributed by atoms with Gasteiger partial charge in [-0.15, -0.1) is 5.92 Å². The summed E-state index contributed by atoms with van der Waals surface area (Å²) in [6, 6.07) is 15.0. The van der Waals surface area contributed by atoms with Crippen LogP contribution in [0.5, 0.6) is 0 Å². The predicted molar refractivity (Wildman–Crippen MR) is 73.6 cm³/mol. The molecular weight excluding hydrogens is 220 g/mol. The van der Waals surface area contributed by atoms with E-state index in [1.54, 1.807) is 6.92 Å². The normalized spacial score (nSPS) is 9.44. The van der Waals surface area contributed by atoms with Crippen molar-refractivity contribution >= 4 is 5.78 Å². The Labute approximate surface area is 107 Å². The largest absolute Gasteiger partial charge is 0.289 e. The first-order valence-corrected chi connectivity index (χ1v) is 5.85.